The molecule has 1 atom stereocenters. The molecular weight excluding hydrogens is 248 g/mol. The van der Waals surface area contributed by atoms with Crippen LogP contribution in [0.5, 0.6) is 0 Å². The Balaban J connectivity index is 1.85. The van der Waals surface area contributed by atoms with Gasteiger partial charge in [-0.3, -0.25) is 4.79 Å². The molecule has 20 heavy (non-hydrogen) atoms. The van der Waals surface area contributed by atoms with Gasteiger partial charge in [0.25, 0.3) is 0 Å². The smallest absolute Gasteiger partial charge is 0.236 e. The lowest BCUT2D eigenvalue weighted by atomic mass is 10.0. The number of hydrogen-bond donors (Lipinski definition) is 1. The number of rotatable bonds is 4. The fourth-order valence-electron chi connectivity index (χ4n) is 2.85. The zero-order chi connectivity index (χ0) is 14.4. The first-order chi connectivity index (χ1) is 9.68. The zero-order valence-corrected chi connectivity index (χ0v) is 12.7. The lowest BCUT2D eigenvalue weighted by Gasteiger charge is -2.22. The SMILES string of the molecule is Cc1ccccc1[C@H](C)NCC(=O)N1CCCCCC1. The normalized spacial score (nSPS) is 17.6. The molecule has 0 radical (unpaired) electrons. The Morgan fingerprint density at radius 3 is 2.50 bits per heavy atom. The summed E-state index contributed by atoms with van der Waals surface area (Å²) in [6, 6.07) is 8.56. The predicted molar refractivity (Wildman–Crippen MR) is 82.6 cm³/mol. The maximum atomic E-state index is 12.2. The van der Waals surface area contributed by atoms with Crippen molar-refractivity contribution in [3.63, 3.8) is 0 Å². The minimum absolute atomic E-state index is 0.215. The highest BCUT2D eigenvalue weighted by Gasteiger charge is 2.16. The van der Waals surface area contributed by atoms with Crippen LogP contribution in [0.4, 0.5) is 0 Å². The number of amides is 1. The number of hydrogen-bond acceptors (Lipinski definition) is 2. The number of carbonyl (C=O) groups excluding carboxylic acids is 1. The van der Waals surface area contributed by atoms with Crippen LogP contribution in [0.25, 0.3) is 0 Å². The van der Waals surface area contributed by atoms with E-state index in [-0.39, 0.29) is 11.9 Å². The summed E-state index contributed by atoms with van der Waals surface area (Å²) >= 11 is 0. The van der Waals surface area contributed by atoms with Gasteiger partial charge in [-0.2, -0.15) is 0 Å². The Hall–Kier alpha value is -1.35. The van der Waals surface area contributed by atoms with Crippen molar-refractivity contribution in [3.05, 3.63) is 35.4 Å². The van der Waals surface area contributed by atoms with E-state index >= 15 is 0 Å². The van der Waals surface area contributed by atoms with Crippen LogP contribution in [0, 0.1) is 6.92 Å². The molecule has 0 aromatic heterocycles. The van der Waals surface area contributed by atoms with E-state index in [9.17, 15) is 4.79 Å². The summed E-state index contributed by atoms with van der Waals surface area (Å²) in [4.78, 5) is 14.3. The first-order valence-corrected chi connectivity index (χ1v) is 7.75. The summed E-state index contributed by atoms with van der Waals surface area (Å²) in [5, 5.41) is 3.37. The highest BCUT2D eigenvalue weighted by atomic mass is 16.2. The molecule has 0 aliphatic carbocycles. The van der Waals surface area contributed by atoms with Gasteiger partial charge < -0.3 is 10.2 Å². The van der Waals surface area contributed by atoms with Gasteiger partial charge in [-0.25, -0.2) is 0 Å². The summed E-state index contributed by atoms with van der Waals surface area (Å²) in [5.41, 5.74) is 2.55. The minimum Gasteiger partial charge on any atom is -0.342 e. The third-order valence-corrected chi connectivity index (χ3v) is 4.17. The molecule has 1 amide bonds. The molecule has 0 spiro atoms. The Kier molecular flexibility index (Phi) is 5.60. The third kappa shape index (κ3) is 4.07. The van der Waals surface area contributed by atoms with Gasteiger partial charge in [0.05, 0.1) is 6.54 Å². The predicted octanol–water partition coefficient (Wildman–Crippen LogP) is 3.05. The van der Waals surface area contributed by atoms with Gasteiger partial charge in [0, 0.05) is 19.1 Å². The molecule has 110 valence electrons. The lowest BCUT2D eigenvalue weighted by Crippen LogP contribution is -2.39. The Morgan fingerprint density at radius 1 is 1.20 bits per heavy atom. The largest absolute Gasteiger partial charge is 0.342 e. The summed E-state index contributed by atoms with van der Waals surface area (Å²) in [7, 11) is 0. The van der Waals surface area contributed by atoms with Crippen molar-refractivity contribution in [2.75, 3.05) is 19.6 Å². The minimum atomic E-state index is 0.215. The molecule has 1 aromatic rings. The van der Waals surface area contributed by atoms with E-state index < -0.39 is 0 Å². The van der Waals surface area contributed by atoms with E-state index in [1.54, 1.807) is 0 Å². The first kappa shape index (κ1) is 15.0. The van der Waals surface area contributed by atoms with E-state index in [2.05, 4.69) is 37.4 Å². The first-order valence-electron chi connectivity index (χ1n) is 7.75. The van der Waals surface area contributed by atoms with Crippen LogP contribution in [0.1, 0.15) is 49.8 Å². The highest BCUT2D eigenvalue weighted by Crippen LogP contribution is 2.16. The van der Waals surface area contributed by atoms with Crippen molar-refractivity contribution in [2.45, 2.75) is 45.6 Å². The van der Waals surface area contributed by atoms with Crippen LogP contribution < -0.4 is 5.32 Å². The van der Waals surface area contributed by atoms with Crippen LogP contribution in [0.15, 0.2) is 24.3 Å². The van der Waals surface area contributed by atoms with E-state index in [4.69, 9.17) is 0 Å². The molecule has 2 rings (SSSR count). The molecule has 1 saturated heterocycles. The number of carbonyl (C=O) groups is 1. The monoisotopic (exact) mass is 274 g/mol. The summed E-state index contributed by atoms with van der Waals surface area (Å²) in [6.45, 7) is 6.54. The van der Waals surface area contributed by atoms with Gasteiger partial charge in [-0.1, -0.05) is 37.1 Å². The fourth-order valence-corrected chi connectivity index (χ4v) is 2.85. The Labute approximate surface area is 122 Å². The van der Waals surface area contributed by atoms with Crippen LogP contribution in [-0.2, 0) is 4.79 Å². The second-order valence-corrected chi connectivity index (χ2v) is 5.75. The van der Waals surface area contributed by atoms with Crippen LogP contribution in [0.3, 0.4) is 0 Å². The van der Waals surface area contributed by atoms with Crippen LogP contribution in [-0.4, -0.2) is 30.4 Å². The summed E-state index contributed by atoms with van der Waals surface area (Å²) < 4.78 is 0. The number of nitrogens with one attached hydrogen (secondary N) is 1. The molecule has 1 aliphatic heterocycles. The quantitative estimate of drug-likeness (QED) is 0.915. The Morgan fingerprint density at radius 2 is 1.85 bits per heavy atom. The van der Waals surface area contributed by atoms with E-state index in [1.807, 2.05) is 11.0 Å². The molecule has 3 heteroatoms. The van der Waals surface area contributed by atoms with Crippen molar-refractivity contribution < 1.29 is 4.79 Å². The van der Waals surface area contributed by atoms with Gasteiger partial charge in [0.15, 0.2) is 0 Å². The van der Waals surface area contributed by atoms with E-state index in [0.29, 0.717) is 6.54 Å². The van der Waals surface area contributed by atoms with Gasteiger partial charge in [0.1, 0.15) is 0 Å². The molecular formula is C17H26N2O. The zero-order valence-electron chi connectivity index (χ0n) is 12.7. The van der Waals surface area contributed by atoms with Gasteiger partial charge in [-0.15, -0.1) is 0 Å². The molecule has 1 aromatic carbocycles. The van der Waals surface area contributed by atoms with Gasteiger partial charge >= 0.3 is 0 Å². The molecule has 0 unspecified atom stereocenters. The third-order valence-electron chi connectivity index (χ3n) is 4.17. The van der Waals surface area contributed by atoms with Crippen molar-refractivity contribution >= 4 is 5.91 Å². The molecule has 1 N–H and O–H groups in total. The van der Waals surface area contributed by atoms with Gasteiger partial charge in [-0.05, 0) is 37.8 Å². The molecule has 1 fully saturated rings. The number of benzene rings is 1. The lowest BCUT2D eigenvalue weighted by molar-refractivity contribution is -0.130. The molecule has 3 nitrogen and oxygen atoms in total. The second kappa shape index (κ2) is 7.44. The molecule has 1 aliphatic rings. The number of nitrogens with zero attached hydrogens (tertiary/aromatic N) is 1. The molecule has 1 heterocycles. The van der Waals surface area contributed by atoms with Crippen molar-refractivity contribution in [3.8, 4) is 0 Å². The van der Waals surface area contributed by atoms with E-state index in [1.165, 1.54) is 24.0 Å². The number of aryl methyl sites for hydroxylation is 1. The molecule has 0 saturated carbocycles. The fraction of sp³-hybridized carbons (Fsp3) is 0.588. The second-order valence-electron chi connectivity index (χ2n) is 5.75. The van der Waals surface area contributed by atoms with Gasteiger partial charge in [0.2, 0.25) is 5.91 Å². The standard InChI is InChI=1S/C17H26N2O/c1-14-9-5-6-10-16(14)15(2)18-13-17(20)19-11-7-3-4-8-12-19/h5-6,9-10,15,18H,3-4,7-8,11-13H2,1-2H3/t15-/m0/s1. The topological polar surface area (TPSA) is 32.3 Å². The maximum absolute atomic E-state index is 12.2. The average molecular weight is 274 g/mol. The average Bonchev–Trinajstić information content (AvgIpc) is 2.74. The van der Waals surface area contributed by atoms with Crippen molar-refractivity contribution in [2.24, 2.45) is 0 Å². The van der Waals surface area contributed by atoms with E-state index in [0.717, 1.165) is 25.9 Å². The highest BCUT2D eigenvalue weighted by molar-refractivity contribution is 5.78. The van der Waals surface area contributed by atoms with Crippen LogP contribution >= 0.6 is 0 Å². The summed E-state index contributed by atoms with van der Waals surface area (Å²) in [6.07, 6.45) is 4.83. The van der Waals surface area contributed by atoms with Crippen molar-refractivity contribution in [1.82, 2.24) is 10.2 Å². The summed E-state index contributed by atoms with van der Waals surface area (Å²) in [5.74, 6) is 0.243. The molecule has 0 bridgehead atoms. The van der Waals surface area contributed by atoms with Crippen LogP contribution in [0.2, 0.25) is 0 Å². The number of likely N-dealkylation sites (tertiary alicyclic amines) is 1. The Bertz CT molecular complexity index is 436. The van der Waals surface area contributed by atoms with Crippen molar-refractivity contribution in [1.29, 1.82) is 0 Å². The maximum Gasteiger partial charge on any atom is 0.236 e.